The van der Waals surface area contributed by atoms with Crippen LogP contribution in [0, 0.1) is 17.1 Å². The molecule has 0 atom stereocenters. The lowest BCUT2D eigenvalue weighted by molar-refractivity contribution is -0.114. The average molecular weight is 544 g/mol. The van der Waals surface area contributed by atoms with Gasteiger partial charge in [0.25, 0.3) is 5.91 Å². The summed E-state index contributed by atoms with van der Waals surface area (Å²) in [5, 5.41) is 14.1. The van der Waals surface area contributed by atoms with Crippen LogP contribution >= 0.6 is 11.6 Å². The molecule has 2 N–H and O–H groups in total. The van der Waals surface area contributed by atoms with E-state index in [0.717, 1.165) is 6.07 Å². The van der Waals surface area contributed by atoms with Crippen molar-refractivity contribution in [2.75, 3.05) is 17.7 Å². The summed E-state index contributed by atoms with van der Waals surface area (Å²) < 4.78 is 49.8. The van der Waals surface area contributed by atoms with E-state index < -0.39 is 21.8 Å². The molecule has 0 fully saturated rings. The number of nitrogens with one attached hydrogen (secondary N) is 2. The van der Waals surface area contributed by atoms with Crippen LogP contribution in [0.4, 0.5) is 15.8 Å². The molecule has 0 spiro atoms. The molecule has 3 rings (SSSR count). The Kier molecular flexibility index (Phi) is 8.49. The number of carbonyl (C=O) groups is 2. The minimum Gasteiger partial charge on any atom is -0.493 e. The summed E-state index contributed by atoms with van der Waals surface area (Å²) in [4.78, 5) is 23.4. The second-order valence-electron chi connectivity index (χ2n) is 7.38. The van der Waals surface area contributed by atoms with E-state index in [1.54, 1.807) is 6.07 Å². The van der Waals surface area contributed by atoms with Crippen molar-refractivity contribution in [3.63, 3.8) is 0 Å². The van der Waals surface area contributed by atoms with Crippen LogP contribution in [0.15, 0.2) is 71.1 Å². The standard InChI is InChI=1S/C25H19ClFN3O6S/c1-15(31)29-18-7-9-19(10-8-18)37(33,34)36-24-20(26)12-16(13-23(24)35-2)11-17(14-28)25(32)30-22-6-4-3-5-21(22)27/h3-13H,1-2H3,(H,29,31)(H,30,32)/b17-11+. The highest BCUT2D eigenvalue weighted by atomic mass is 35.5. The highest BCUT2D eigenvalue weighted by Gasteiger charge is 2.23. The Labute approximate surface area is 217 Å². The topological polar surface area (TPSA) is 135 Å². The van der Waals surface area contributed by atoms with Gasteiger partial charge in [-0.25, -0.2) is 4.39 Å². The van der Waals surface area contributed by atoms with Crippen molar-refractivity contribution in [3.8, 4) is 17.6 Å². The summed E-state index contributed by atoms with van der Waals surface area (Å²) in [6, 6.07) is 15.0. The minimum atomic E-state index is -4.35. The number of carbonyl (C=O) groups excluding carboxylic acids is 2. The fourth-order valence-corrected chi connectivity index (χ4v) is 4.30. The third-order valence-corrected chi connectivity index (χ3v) is 6.22. The second-order valence-corrected chi connectivity index (χ2v) is 9.33. The van der Waals surface area contributed by atoms with Gasteiger partial charge in [0.1, 0.15) is 22.4 Å². The lowest BCUT2D eigenvalue weighted by Crippen LogP contribution is -2.14. The molecule has 37 heavy (non-hydrogen) atoms. The zero-order valence-electron chi connectivity index (χ0n) is 19.4. The van der Waals surface area contributed by atoms with Crippen LogP contribution in [0.5, 0.6) is 11.5 Å². The third kappa shape index (κ3) is 6.84. The van der Waals surface area contributed by atoms with Gasteiger partial charge in [-0.15, -0.1) is 0 Å². The maximum atomic E-state index is 13.8. The Morgan fingerprint density at radius 2 is 1.76 bits per heavy atom. The molecule has 0 unspecified atom stereocenters. The van der Waals surface area contributed by atoms with Crippen LogP contribution in [0.1, 0.15) is 12.5 Å². The zero-order valence-corrected chi connectivity index (χ0v) is 21.0. The molecule has 0 saturated carbocycles. The van der Waals surface area contributed by atoms with Crippen molar-refractivity contribution in [3.05, 3.63) is 82.6 Å². The Morgan fingerprint density at radius 3 is 2.35 bits per heavy atom. The van der Waals surface area contributed by atoms with Crippen LogP contribution in [-0.2, 0) is 19.7 Å². The van der Waals surface area contributed by atoms with E-state index in [2.05, 4.69) is 10.6 Å². The van der Waals surface area contributed by atoms with E-state index in [1.807, 2.05) is 0 Å². The number of amides is 2. The zero-order chi connectivity index (χ0) is 27.2. The number of halogens is 2. The van der Waals surface area contributed by atoms with Crippen molar-refractivity contribution in [2.24, 2.45) is 0 Å². The first kappa shape index (κ1) is 27.2. The Balaban J connectivity index is 1.88. The Hall–Kier alpha value is -4.40. The minimum absolute atomic E-state index is 0.0935. The number of rotatable bonds is 8. The third-order valence-electron chi connectivity index (χ3n) is 4.71. The van der Waals surface area contributed by atoms with E-state index in [0.29, 0.717) is 5.69 Å². The highest BCUT2D eigenvalue weighted by molar-refractivity contribution is 7.87. The van der Waals surface area contributed by atoms with Crippen molar-refractivity contribution in [1.29, 1.82) is 5.26 Å². The van der Waals surface area contributed by atoms with Gasteiger partial charge in [-0.05, 0) is 60.2 Å². The van der Waals surface area contributed by atoms with Gasteiger partial charge in [0.15, 0.2) is 5.75 Å². The summed E-state index contributed by atoms with van der Waals surface area (Å²) in [6.07, 6.45) is 1.17. The maximum absolute atomic E-state index is 13.8. The van der Waals surface area contributed by atoms with Crippen molar-refractivity contribution in [1.82, 2.24) is 0 Å². The first-order valence-electron chi connectivity index (χ1n) is 10.4. The molecule has 0 aromatic heterocycles. The number of para-hydroxylation sites is 1. The number of hydrogen-bond donors (Lipinski definition) is 2. The number of nitriles is 1. The first-order valence-corrected chi connectivity index (χ1v) is 12.2. The fraction of sp³-hybridized carbons (Fsp3) is 0.0800. The molecule has 0 aliphatic heterocycles. The van der Waals surface area contributed by atoms with Crippen molar-refractivity contribution in [2.45, 2.75) is 11.8 Å². The lowest BCUT2D eigenvalue weighted by Gasteiger charge is -2.14. The van der Waals surface area contributed by atoms with Crippen molar-refractivity contribution < 1.29 is 31.3 Å². The molecule has 190 valence electrons. The molecule has 12 heteroatoms. The summed E-state index contributed by atoms with van der Waals surface area (Å²) in [6.45, 7) is 1.32. The maximum Gasteiger partial charge on any atom is 0.339 e. The quantitative estimate of drug-likeness (QED) is 0.237. The predicted octanol–water partition coefficient (Wildman–Crippen LogP) is 4.76. The predicted molar refractivity (Wildman–Crippen MR) is 135 cm³/mol. The normalized spacial score (nSPS) is 11.3. The molecular formula is C25H19ClFN3O6S. The van der Waals surface area contributed by atoms with Gasteiger partial charge in [0.05, 0.1) is 17.8 Å². The molecule has 3 aromatic carbocycles. The molecule has 0 aliphatic carbocycles. The largest absolute Gasteiger partial charge is 0.493 e. The molecule has 0 aliphatic rings. The SMILES string of the molecule is COc1cc(/C=C(\C#N)C(=O)Nc2ccccc2F)cc(Cl)c1OS(=O)(=O)c1ccc(NC(C)=O)cc1. The smallest absolute Gasteiger partial charge is 0.339 e. The van der Waals surface area contributed by atoms with E-state index in [9.17, 15) is 27.7 Å². The van der Waals surface area contributed by atoms with Gasteiger partial charge in [-0.1, -0.05) is 23.7 Å². The molecule has 9 nitrogen and oxygen atoms in total. The van der Waals surface area contributed by atoms with Crippen LogP contribution < -0.4 is 19.6 Å². The monoisotopic (exact) mass is 543 g/mol. The molecule has 2 amide bonds. The summed E-state index contributed by atoms with van der Waals surface area (Å²) in [5.74, 6) is -2.27. The molecule has 3 aromatic rings. The molecule has 0 bridgehead atoms. The van der Waals surface area contributed by atoms with Crippen LogP contribution in [0.25, 0.3) is 6.08 Å². The van der Waals surface area contributed by atoms with Gasteiger partial charge in [0.2, 0.25) is 11.7 Å². The highest BCUT2D eigenvalue weighted by Crippen LogP contribution is 2.39. The number of nitrogens with zero attached hydrogens (tertiary/aromatic N) is 1. The first-order chi connectivity index (χ1) is 17.5. The van der Waals surface area contributed by atoms with E-state index in [4.69, 9.17) is 20.5 Å². The number of anilines is 2. The molecular weight excluding hydrogens is 525 g/mol. The number of benzene rings is 3. The Morgan fingerprint density at radius 1 is 1.08 bits per heavy atom. The van der Waals surface area contributed by atoms with Gasteiger partial charge in [-0.3, -0.25) is 9.59 Å². The van der Waals surface area contributed by atoms with Crippen LogP contribution in [-0.4, -0.2) is 27.3 Å². The van der Waals surface area contributed by atoms with Gasteiger partial charge < -0.3 is 19.6 Å². The van der Waals surface area contributed by atoms with Crippen LogP contribution in [0.3, 0.4) is 0 Å². The number of ether oxygens (including phenoxy) is 1. The van der Waals surface area contributed by atoms with E-state index in [-0.39, 0.29) is 44.1 Å². The Bertz CT molecular complexity index is 1530. The van der Waals surface area contributed by atoms with Gasteiger partial charge >= 0.3 is 10.1 Å². The summed E-state index contributed by atoms with van der Waals surface area (Å²) in [7, 11) is -3.10. The molecule has 0 heterocycles. The summed E-state index contributed by atoms with van der Waals surface area (Å²) in [5.41, 5.74) is 0.127. The summed E-state index contributed by atoms with van der Waals surface area (Å²) >= 11 is 6.27. The lowest BCUT2D eigenvalue weighted by atomic mass is 10.1. The molecule has 0 radical (unpaired) electrons. The van der Waals surface area contributed by atoms with Crippen molar-refractivity contribution >= 4 is 51.0 Å². The fourth-order valence-electron chi connectivity index (χ4n) is 3.04. The second kappa shape index (κ2) is 11.6. The number of hydrogen-bond acceptors (Lipinski definition) is 7. The van der Waals surface area contributed by atoms with E-state index in [1.165, 1.54) is 74.7 Å². The average Bonchev–Trinajstić information content (AvgIpc) is 2.85. The number of methoxy groups -OCH3 is 1. The van der Waals surface area contributed by atoms with E-state index >= 15 is 0 Å². The van der Waals surface area contributed by atoms with Crippen LogP contribution in [0.2, 0.25) is 5.02 Å². The van der Waals surface area contributed by atoms with Gasteiger partial charge in [-0.2, -0.15) is 13.7 Å². The van der Waals surface area contributed by atoms with Gasteiger partial charge in [0, 0.05) is 12.6 Å². The molecule has 0 saturated heterocycles.